The Morgan fingerprint density at radius 3 is 2.47 bits per heavy atom. The SMILES string of the molecule is CN[C@H](C)C(=O)N[C@@H](C(=O)N1CCC[C@@H]1C1=NC(C(=O)c2ccc(F)cc2)CS1)C1CCN(CCOCCOCCC(=O)N(C)CCn2nc(C#N)c3c2CN(C)C(=O)c2ccc(F)cc2[C@H](C)CCCNc2nc-3cnc2N)CC1. The van der Waals surface area contributed by atoms with Crippen molar-refractivity contribution in [3.05, 3.63) is 88.4 Å². The topological polar surface area (TPSA) is 259 Å². The van der Waals surface area contributed by atoms with Crippen LogP contribution in [0.1, 0.15) is 102 Å². The van der Waals surface area contributed by atoms with E-state index in [4.69, 9.17) is 25.2 Å². The summed E-state index contributed by atoms with van der Waals surface area (Å²) >= 11 is 1.48. The summed E-state index contributed by atoms with van der Waals surface area (Å²) in [5.41, 5.74) is 8.87. The Morgan fingerprint density at radius 1 is 0.988 bits per heavy atom. The summed E-state index contributed by atoms with van der Waals surface area (Å²) in [5, 5.41) is 25.0. The summed E-state index contributed by atoms with van der Waals surface area (Å²) in [6.07, 6.45) is 5.78. The van der Waals surface area contributed by atoms with Gasteiger partial charge in [-0.15, -0.1) is 11.8 Å². The molecule has 2 bridgehead atoms. The molecule has 2 aromatic heterocycles. The largest absolute Gasteiger partial charge is 0.381 e. The number of rotatable bonds is 20. The van der Waals surface area contributed by atoms with Gasteiger partial charge in [-0.2, -0.15) is 10.4 Å². The van der Waals surface area contributed by atoms with E-state index in [1.54, 1.807) is 37.6 Å². The molecule has 0 spiro atoms. The molecule has 0 radical (unpaired) electrons. The van der Waals surface area contributed by atoms with E-state index in [1.165, 1.54) is 65.3 Å². The Labute approximate surface area is 475 Å². The van der Waals surface area contributed by atoms with E-state index in [0.717, 1.165) is 11.5 Å². The maximum atomic E-state index is 14.6. The average Bonchev–Trinajstić information content (AvgIpc) is 4.30. The van der Waals surface area contributed by atoms with Gasteiger partial charge in [0.05, 0.1) is 86.2 Å². The Kier molecular flexibility index (Phi) is 20.9. The summed E-state index contributed by atoms with van der Waals surface area (Å²) in [5.74, 6) is -1.19. The van der Waals surface area contributed by atoms with Crippen LogP contribution >= 0.6 is 11.8 Å². The molecule has 1 unspecified atom stereocenters. The molecule has 4 aliphatic heterocycles. The van der Waals surface area contributed by atoms with Crippen LogP contribution in [0.5, 0.6) is 0 Å². The predicted molar refractivity (Wildman–Crippen MR) is 303 cm³/mol. The molecule has 24 heteroatoms. The van der Waals surface area contributed by atoms with Crippen LogP contribution in [0.15, 0.2) is 53.7 Å². The van der Waals surface area contributed by atoms with Gasteiger partial charge >= 0.3 is 0 Å². The van der Waals surface area contributed by atoms with Crippen molar-refractivity contribution in [2.24, 2.45) is 10.9 Å². The molecular formula is C57H74F2N14O7S. The minimum atomic E-state index is -0.727. The van der Waals surface area contributed by atoms with E-state index in [-0.39, 0.29) is 98.1 Å². The summed E-state index contributed by atoms with van der Waals surface area (Å²) in [6, 6.07) is 9.71. The van der Waals surface area contributed by atoms with E-state index < -0.39 is 29.8 Å². The molecule has 5 N–H and O–H groups in total. The highest BCUT2D eigenvalue weighted by Crippen LogP contribution is 2.34. The lowest BCUT2D eigenvalue weighted by molar-refractivity contribution is -0.138. The van der Waals surface area contributed by atoms with Crippen molar-refractivity contribution in [1.82, 2.24) is 50.0 Å². The number of likely N-dealkylation sites (tertiary alicyclic amines) is 2. The van der Waals surface area contributed by atoms with Gasteiger partial charge in [0.1, 0.15) is 29.8 Å². The van der Waals surface area contributed by atoms with E-state index in [1.807, 2.05) is 11.8 Å². The number of thioether (sulfide) groups is 1. The highest BCUT2D eigenvalue weighted by Gasteiger charge is 2.43. The number of Topliss-reactive ketones (excluding diaryl/α,β-unsaturated/α-hetero) is 1. The lowest BCUT2D eigenvalue weighted by Crippen LogP contribution is -2.58. The molecule has 434 valence electrons. The molecular weight excluding hydrogens is 1060 g/mol. The summed E-state index contributed by atoms with van der Waals surface area (Å²) < 4.78 is 41.5. The number of nitriles is 1. The lowest BCUT2D eigenvalue weighted by Gasteiger charge is -2.38. The number of nitrogen functional groups attached to an aromatic ring is 1. The van der Waals surface area contributed by atoms with Crippen molar-refractivity contribution in [1.29, 1.82) is 5.26 Å². The minimum Gasteiger partial charge on any atom is -0.381 e. The minimum absolute atomic E-state index is 0.00313. The van der Waals surface area contributed by atoms with Crippen LogP contribution in [-0.4, -0.2) is 191 Å². The van der Waals surface area contributed by atoms with Crippen LogP contribution in [-0.2, 0) is 36.9 Å². The van der Waals surface area contributed by atoms with Crippen LogP contribution in [0.2, 0.25) is 0 Å². The van der Waals surface area contributed by atoms with Gasteiger partial charge in [-0.25, -0.2) is 18.7 Å². The number of ether oxygens (including phenoxy) is 2. The number of aromatic nitrogens is 4. The van der Waals surface area contributed by atoms with Gasteiger partial charge in [-0.3, -0.25) is 33.6 Å². The summed E-state index contributed by atoms with van der Waals surface area (Å²) in [6.45, 7) is 8.47. The summed E-state index contributed by atoms with van der Waals surface area (Å²) in [4.78, 5) is 89.6. The lowest BCUT2D eigenvalue weighted by atomic mass is 9.88. The molecule has 21 nitrogen and oxygen atoms in total. The number of fused-ring (bicyclic) bond motifs is 5. The zero-order valence-corrected chi connectivity index (χ0v) is 47.6. The van der Waals surface area contributed by atoms with Crippen LogP contribution < -0.4 is 21.7 Å². The van der Waals surface area contributed by atoms with Gasteiger partial charge in [0, 0.05) is 57.2 Å². The van der Waals surface area contributed by atoms with Crippen molar-refractivity contribution < 1.29 is 42.2 Å². The predicted octanol–water partition coefficient (Wildman–Crippen LogP) is 4.73. The van der Waals surface area contributed by atoms with Gasteiger partial charge in [0.15, 0.2) is 23.1 Å². The highest BCUT2D eigenvalue weighted by molar-refractivity contribution is 8.14. The molecule has 5 atom stereocenters. The normalized spacial score (nSPS) is 19.8. The number of anilines is 2. The maximum Gasteiger partial charge on any atom is 0.254 e. The first-order chi connectivity index (χ1) is 39.0. The molecule has 81 heavy (non-hydrogen) atoms. The number of nitrogens with two attached hydrogens (primary N) is 1. The second kappa shape index (κ2) is 28.2. The molecule has 4 amide bonds. The van der Waals surface area contributed by atoms with Crippen molar-refractivity contribution in [2.75, 3.05) is 104 Å². The number of benzene rings is 2. The number of ketones is 1. The Bertz CT molecular complexity index is 2970. The third-order valence-electron chi connectivity index (χ3n) is 15.7. The molecule has 8 rings (SSSR count). The number of halogens is 2. The number of nitrogens with one attached hydrogen (secondary N) is 3. The maximum absolute atomic E-state index is 14.6. The standard InChI is InChI=1S/C57H74F2N14O7S/c1-35-8-6-19-63-53-52(61)64-32-44(65-53)49-43(31-60)68-73(47(49)33-70(5)56(77)41-15-14-40(59)30-42(35)41)24-23-69(4)48(74)18-26-79-28-29-80-27-25-71-21-16-37(17-22-71)50(67-54(76)36(2)62-3)57(78)72-20-7-9-46(72)55-66-45(34-81-55)51(75)38-10-12-39(58)13-11-38/h10-15,30,32,35-37,45-46,50,62H,6-9,16-29,33-34H2,1-5H3,(H2,61,64)(H,63,65)(H,67,76)/t35-,36-,45?,46-,50-/m1/s1. The Hall–Kier alpha value is -6.91. The number of likely N-dealkylation sites (N-methyl/N-ethyl adjacent to an activating group) is 2. The van der Waals surface area contributed by atoms with Crippen molar-refractivity contribution in [2.45, 2.75) is 102 Å². The third kappa shape index (κ3) is 15.0. The second-order valence-electron chi connectivity index (χ2n) is 21.2. The number of aliphatic imine (C=N–C) groups is 1. The van der Waals surface area contributed by atoms with Crippen LogP contribution in [0.3, 0.4) is 0 Å². The first-order valence-corrected chi connectivity index (χ1v) is 28.8. The van der Waals surface area contributed by atoms with Crippen LogP contribution in [0.25, 0.3) is 11.3 Å². The summed E-state index contributed by atoms with van der Waals surface area (Å²) in [7, 11) is 5.01. The fraction of sp³-hybridized carbons (Fsp3) is 0.544. The van der Waals surface area contributed by atoms with Gasteiger partial charge in [0.25, 0.3) is 5.91 Å². The van der Waals surface area contributed by atoms with Crippen molar-refractivity contribution in [3.8, 4) is 17.3 Å². The van der Waals surface area contributed by atoms with E-state index >= 15 is 0 Å². The Balaban J connectivity index is 0.790. The first kappa shape index (κ1) is 60.2. The fourth-order valence-corrected chi connectivity index (χ4v) is 12.0. The number of carbonyl (C=O) groups excluding carboxylic acids is 5. The van der Waals surface area contributed by atoms with E-state index in [2.05, 4.69) is 37.0 Å². The fourth-order valence-electron chi connectivity index (χ4n) is 10.8. The molecule has 2 fully saturated rings. The second-order valence-corrected chi connectivity index (χ2v) is 22.2. The number of amides is 4. The first-order valence-electron chi connectivity index (χ1n) is 27.9. The molecule has 0 aliphatic carbocycles. The van der Waals surface area contributed by atoms with Gasteiger partial charge in [-0.05, 0) is 125 Å². The number of piperidine rings is 1. The number of hydrogen-bond acceptors (Lipinski definition) is 17. The quantitative estimate of drug-likeness (QED) is 0.0689. The van der Waals surface area contributed by atoms with Crippen molar-refractivity contribution >= 4 is 57.9 Å². The third-order valence-corrected chi connectivity index (χ3v) is 16.9. The van der Waals surface area contributed by atoms with Gasteiger partial charge in [0.2, 0.25) is 17.7 Å². The number of nitrogens with zero attached hydrogens (tertiary/aromatic N) is 10. The molecule has 6 heterocycles. The zero-order chi connectivity index (χ0) is 57.7. The number of carbonyl (C=O) groups is 5. The molecule has 4 aromatic rings. The van der Waals surface area contributed by atoms with E-state index in [9.17, 15) is 38.0 Å². The Morgan fingerprint density at radius 2 is 1.73 bits per heavy atom. The number of hydrogen-bond donors (Lipinski definition) is 4. The zero-order valence-electron chi connectivity index (χ0n) is 46.8. The van der Waals surface area contributed by atoms with Crippen LogP contribution in [0, 0.1) is 28.9 Å². The average molecular weight is 1140 g/mol. The van der Waals surface area contributed by atoms with Crippen LogP contribution in [0.4, 0.5) is 20.4 Å². The smallest absolute Gasteiger partial charge is 0.254 e. The molecule has 0 saturated carbocycles. The molecule has 4 aliphatic rings. The molecule has 2 aromatic carbocycles. The molecule has 2 saturated heterocycles. The van der Waals surface area contributed by atoms with Gasteiger partial charge in [-0.1, -0.05) is 6.92 Å². The van der Waals surface area contributed by atoms with Gasteiger partial charge < -0.3 is 50.8 Å². The highest BCUT2D eigenvalue weighted by atomic mass is 32.2. The van der Waals surface area contributed by atoms with E-state index in [0.29, 0.717) is 123 Å². The monoisotopic (exact) mass is 1140 g/mol. The van der Waals surface area contributed by atoms with Crippen molar-refractivity contribution in [3.63, 3.8) is 0 Å².